The van der Waals surface area contributed by atoms with Crippen LogP contribution in [0, 0.1) is 0 Å². The van der Waals surface area contributed by atoms with Crippen molar-refractivity contribution in [3.05, 3.63) is 102 Å². The van der Waals surface area contributed by atoms with Crippen molar-refractivity contribution in [3.8, 4) is 23.0 Å². The number of ketones is 1. The standard InChI is InChI=1S/C32H27N3O7S/c1-39-23-15-22(16-24(17-23)40-2)33-32-28(34-26-8-3-4-9-27(26)35-32)18-43(37,38)25-7-5-6-20(12-25)13-29(36)21-10-11-30-31(14-21)42-19-41-30/h3-12,14-17H,13,18-19H2,1-2H3,(H,33,35). The highest BCUT2D eigenvalue weighted by Gasteiger charge is 2.22. The molecule has 0 spiro atoms. The lowest BCUT2D eigenvalue weighted by molar-refractivity contribution is 0.0992. The molecule has 1 aliphatic heterocycles. The molecule has 0 radical (unpaired) electrons. The number of aromatic nitrogens is 2. The number of fused-ring (bicyclic) bond motifs is 2. The molecule has 4 aromatic carbocycles. The molecule has 0 amide bonds. The zero-order valence-corrected chi connectivity index (χ0v) is 24.2. The molecule has 10 nitrogen and oxygen atoms in total. The number of methoxy groups -OCH3 is 2. The van der Waals surface area contributed by atoms with Gasteiger partial charge in [0.25, 0.3) is 0 Å². The Kier molecular flexibility index (Phi) is 7.56. The molecule has 6 rings (SSSR count). The van der Waals surface area contributed by atoms with Crippen LogP contribution < -0.4 is 24.3 Å². The molecule has 43 heavy (non-hydrogen) atoms. The molecule has 218 valence electrons. The number of benzene rings is 4. The van der Waals surface area contributed by atoms with E-state index in [0.29, 0.717) is 50.8 Å². The number of para-hydroxylation sites is 2. The fourth-order valence-electron chi connectivity index (χ4n) is 4.72. The number of hydrogen-bond acceptors (Lipinski definition) is 10. The van der Waals surface area contributed by atoms with Gasteiger partial charge in [0.1, 0.15) is 17.3 Å². The predicted octanol–water partition coefficient (Wildman–Crippen LogP) is 5.52. The van der Waals surface area contributed by atoms with Gasteiger partial charge in [-0.3, -0.25) is 4.79 Å². The minimum absolute atomic E-state index is 0.0171. The Bertz CT molecular complexity index is 1940. The summed E-state index contributed by atoms with van der Waals surface area (Å²) in [5.74, 6) is 1.89. The lowest BCUT2D eigenvalue weighted by Crippen LogP contribution is -2.11. The van der Waals surface area contributed by atoms with Crippen LogP contribution in [0.25, 0.3) is 11.0 Å². The fraction of sp³-hybridized carbons (Fsp3) is 0.156. The first-order chi connectivity index (χ1) is 20.8. The van der Waals surface area contributed by atoms with Gasteiger partial charge in [-0.15, -0.1) is 0 Å². The van der Waals surface area contributed by atoms with E-state index in [9.17, 15) is 13.2 Å². The van der Waals surface area contributed by atoms with E-state index in [1.807, 2.05) is 12.1 Å². The Balaban J connectivity index is 1.29. The van der Waals surface area contributed by atoms with Gasteiger partial charge in [-0.05, 0) is 48.0 Å². The van der Waals surface area contributed by atoms with Crippen molar-refractivity contribution in [2.45, 2.75) is 17.1 Å². The van der Waals surface area contributed by atoms with Crippen molar-refractivity contribution in [3.63, 3.8) is 0 Å². The van der Waals surface area contributed by atoms with Gasteiger partial charge in [0, 0.05) is 35.9 Å². The minimum atomic E-state index is -3.89. The SMILES string of the molecule is COc1cc(Nc2nc3ccccc3nc2CS(=O)(=O)c2cccc(CC(=O)c3ccc4c(c3)OCO4)c2)cc(OC)c1. The van der Waals surface area contributed by atoms with Crippen LogP contribution in [0.5, 0.6) is 23.0 Å². The van der Waals surface area contributed by atoms with Gasteiger partial charge in [0.2, 0.25) is 6.79 Å². The van der Waals surface area contributed by atoms with Crippen molar-refractivity contribution in [1.29, 1.82) is 0 Å². The van der Waals surface area contributed by atoms with Crippen molar-refractivity contribution in [1.82, 2.24) is 9.97 Å². The van der Waals surface area contributed by atoms with E-state index in [2.05, 4.69) is 10.3 Å². The highest BCUT2D eigenvalue weighted by atomic mass is 32.2. The molecule has 0 bridgehead atoms. The molecule has 5 aromatic rings. The third-order valence-corrected chi connectivity index (χ3v) is 8.53. The molecule has 0 aliphatic carbocycles. The zero-order chi connectivity index (χ0) is 30.0. The first kappa shape index (κ1) is 28.0. The van der Waals surface area contributed by atoms with Gasteiger partial charge < -0.3 is 24.3 Å². The number of nitrogens with zero attached hydrogens (tertiary/aromatic N) is 2. The van der Waals surface area contributed by atoms with Crippen LogP contribution in [0.2, 0.25) is 0 Å². The summed E-state index contributed by atoms with van der Waals surface area (Å²) in [5, 5.41) is 3.20. The van der Waals surface area contributed by atoms with E-state index in [1.54, 1.807) is 74.9 Å². The molecular formula is C32H27N3O7S. The molecule has 11 heteroatoms. The third-order valence-electron chi connectivity index (χ3n) is 6.90. The van der Waals surface area contributed by atoms with Crippen molar-refractivity contribution >= 4 is 38.2 Å². The average molecular weight is 598 g/mol. The number of rotatable bonds is 10. The highest BCUT2D eigenvalue weighted by Crippen LogP contribution is 2.33. The quantitative estimate of drug-likeness (QED) is 0.206. The Morgan fingerprint density at radius 2 is 1.56 bits per heavy atom. The molecule has 0 saturated heterocycles. The van der Waals surface area contributed by atoms with Gasteiger partial charge in [0.15, 0.2) is 32.9 Å². The summed E-state index contributed by atoms with van der Waals surface area (Å²) in [6, 6.07) is 23.8. The van der Waals surface area contributed by atoms with Crippen molar-refractivity contribution in [2.24, 2.45) is 0 Å². The number of ether oxygens (including phenoxy) is 4. The molecule has 1 aliphatic rings. The lowest BCUT2D eigenvalue weighted by atomic mass is 10.0. The molecule has 0 fully saturated rings. The van der Waals surface area contributed by atoms with E-state index in [4.69, 9.17) is 23.9 Å². The number of anilines is 2. The Morgan fingerprint density at radius 1 is 0.837 bits per heavy atom. The summed E-state index contributed by atoms with van der Waals surface area (Å²) in [6.07, 6.45) is 0.0171. The Morgan fingerprint density at radius 3 is 2.30 bits per heavy atom. The van der Waals surface area contributed by atoms with E-state index in [0.717, 1.165) is 0 Å². The van der Waals surface area contributed by atoms with Gasteiger partial charge >= 0.3 is 0 Å². The van der Waals surface area contributed by atoms with Crippen LogP contribution in [-0.2, 0) is 22.0 Å². The second-order valence-electron chi connectivity index (χ2n) is 9.81. The zero-order valence-electron chi connectivity index (χ0n) is 23.4. The van der Waals surface area contributed by atoms with Gasteiger partial charge in [0.05, 0.1) is 35.8 Å². The monoisotopic (exact) mass is 597 g/mol. The number of carbonyl (C=O) groups excluding carboxylic acids is 1. The molecule has 0 atom stereocenters. The van der Waals surface area contributed by atoms with Crippen LogP contribution in [0.4, 0.5) is 11.5 Å². The van der Waals surface area contributed by atoms with E-state index in [-0.39, 0.29) is 35.4 Å². The molecule has 1 N–H and O–H groups in total. The third kappa shape index (κ3) is 6.07. The lowest BCUT2D eigenvalue weighted by Gasteiger charge is -2.14. The van der Waals surface area contributed by atoms with E-state index >= 15 is 0 Å². The smallest absolute Gasteiger partial charge is 0.231 e. The van der Waals surface area contributed by atoms with Gasteiger partial charge in [-0.1, -0.05) is 24.3 Å². The molecule has 0 unspecified atom stereocenters. The second-order valence-corrected chi connectivity index (χ2v) is 11.8. The van der Waals surface area contributed by atoms with Crippen molar-refractivity contribution in [2.75, 3.05) is 26.3 Å². The highest BCUT2D eigenvalue weighted by molar-refractivity contribution is 7.90. The van der Waals surface area contributed by atoms with Gasteiger partial charge in [-0.2, -0.15) is 0 Å². The van der Waals surface area contributed by atoms with Crippen LogP contribution in [0.15, 0.2) is 89.8 Å². The Labute approximate surface area is 248 Å². The van der Waals surface area contributed by atoms with Crippen LogP contribution in [0.1, 0.15) is 21.6 Å². The Hall–Kier alpha value is -5.16. The van der Waals surface area contributed by atoms with Crippen LogP contribution in [0.3, 0.4) is 0 Å². The van der Waals surface area contributed by atoms with E-state index in [1.165, 1.54) is 12.1 Å². The maximum Gasteiger partial charge on any atom is 0.231 e. The normalized spacial score (nSPS) is 12.2. The van der Waals surface area contributed by atoms with E-state index < -0.39 is 15.6 Å². The fourth-order valence-corrected chi connectivity index (χ4v) is 6.07. The summed E-state index contributed by atoms with van der Waals surface area (Å²) in [6.45, 7) is 0.111. The predicted molar refractivity (Wildman–Crippen MR) is 160 cm³/mol. The second kappa shape index (κ2) is 11.6. The summed E-state index contributed by atoms with van der Waals surface area (Å²) in [4.78, 5) is 22.4. The molecule has 1 aromatic heterocycles. The number of nitrogens with one attached hydrogen (secondary N) is 1. The molecule has 0 saturated carbocycles. The number of hydrogen-bond donors (Lipinski definition) is 1. The van der Waals surface area contributed by atoms with Gasteiger partial charge in [-0.25, -0.2) is 18.4 Å². The summed E-state index contributed by atoms with van der Waals surface area (Å²) >= 11 is 0. The maximum atomic E-state index is 13.7. The maximum absolute atomic E-state index is 13.7. The summed E-state index contributed by atoms with van der Waals surface area (Å²) in [5.41, 5.74) is 3.00. The first-order valence-corrected chi connectivity index (χ1v) is 15.0. The topological polar surface area (TPSA) is 126 Å². The number of carbonyl (C=O) groups is 1. The van der Waals surface area contributed by atoms with Crippen LogP contribution >= 0.6 is 0 Å². The largest absolute Gasteiger partial charge is 0.497 e. The molecule has 2 heterocycles. The first-order valence-electron chi connectivity index (χ1n) is 13.3. The van der Waals surface area contributed by atoms with Crippen LogP contribution in [-0.4, -0.2) is 45.2 Å². The minimum Gasteiger partial charge on any atom is -0.497 e. The molecular weight excluding hydrogens is 570 g/mol. The number of sulfone groups is 1. The summed E-state index contributed by atoms with van der Waals surface area (Å²) in [7, 11) is -0.803. The summed E-state index contributed by atoms with van der Waals surface area (Å²) < 4.78 is 48.9. The average Bonchev–Trinajstić information content (AvgIpc) is 3.49. The van der Waals surface area contributed by atoms with Crippen molar-refractivity contribution < 1.29 is 32.2 Å². The number of Topliss-reactive ketones (excluding diaryl/α,β-unsaturated/α-hetero) is 1.